The van der Waals surface area contributed by atoms with Crippen molar-refractivity contribution in [2.75, 3.05) is 12.8 Å². The number of amides is 1. The lowest BCUT2D eigenvalue weighted by atomic mass is 9.97. The molecule has 98 valence electrons. The maximum Gasteiger partial charge on any atom is 0.227 e. The molecule has 0 aliphatic carbocycles. The molecule has 0 saturated carbocycles. The first-order chi connectivity index (χ1) is 9.11. The zero-order chi connectivity index (χ0) is 13.8. The number of anilines is 1. The van der Waals surface area contributed by atoms with Crippen LogP contribution >= 0.6 is 0 Å². The maximum absolute atomic E-state index is 11.7. The fourth-order valence-electron chi connectivity index (χ4n) is 1.86. The number of nitrogens with two attached hydrogens (primary N) is 1. The molecule has 1 heterocycles. The molecule has 2 rings (SSSR count). The second-order valence-corrected chi connectivity index (χ2v) is 4.29. The lowest BCUT2D eigenvalue weighted by Crippen LogP contribution is -2.23. The Kier molecular flexibility index (Phi) is 3.75. The molecule has 0 fully saturated rings. The van der Waals surface area contributed by atoms with Gasteiger partial charge < -0.3 is 11.1 Å². The summed E-state index contributed by atoms with van der Waals surface area (Å²) in [6.07, 6.45) is 3.15. The van der Waals surface area contributed by atoms with Crippen LogP contribution in [0.25, 0.3) is 11.3 Å². The number of rotatable bonds is 3. The number of benzene rings is 1. The standard InChI is InChI=1S/C14H16N4O/c1-9(14(19)16-2)10-4-3-5-11(6-10)12-7-17-8-13(15)18-12/h3-9H,1-2H3,(H2,15,18)(H,16,19). The molecule has 0 bridgehead atoms. The number of nitrogens with one attached hydrogen (secondary N) is 1. The molecule has 0 saturated heterocycles. The van der Waals surface area contributed by atoms with Gasteiger partial charge in [0.25, 0.3) is 0 Å². The monoisotopic (exact) mass is 256 g/mol. The minimum absolute atomic E-state index is 0.0178. The van der Waals surface area contributed by atoms with E-state index in [1.165, 1.54) is 6.20 Å². The molecule has 1 atom stereocenters. The second kappa shape index (κ2) is 5.48. The number of nitrogen functional groups attached to an aromatic ring is 1. The summed E-state index contributed by atoms with van der Waals surface area (Å²) in [5.41, 5.74) is 8.15. The minimum atomic E-state index is -0.209. The molecule has 5 heteroatoms. The van der Waals surface area contributed by atoms with Crippen molar-refractivity contribution in [3.63, 3.8) is 0 Å². The van der Waals surface area contributed by atoms with Gasteiger partial charge in [-0.1, -0.05) is 18.2 Å². The van der Waals surface area contributed by atoms with Crippen LogP contribution in [0.4, 0.5) is 5.82 Å². The first-order valence-electron chi connectivity index (χ1n) is 6.01. The molecule has 1 aromatic heterocycles. The molecule has 1 unspecified atom stereocenters. The normalized spacial score (nSPS) is 11.9. The van der Waals surface area contributed by atoms with E-state index in [4.69, 9.17) is 5.73 Å². The highest BCUT2D eigenvalue weighted by Crippen LogP contribution is 2.23. The van der Waals surface area contributed by atoms with Crippen molar-refractivity contribution in [3.05, 3.63) is 42.2 Å². The van der Waals surface area contributed by atoms with Crippen LogP contribution in [-0.2, 0) is 4.79 Å². The molecule has 0 aliphatic heterocycles. The van der Waals surface area contributed by atoms with Crippen LogP contribution in [0, 0.1) is 0 Å². The van der Waals surface area contributed by atoms with Gasteiger partial charge in [-0.15, -0.1) is 0 Å². The van der Waals surface area contributed by atoms with Crippen LogP contribution < -0.4 is 11.1 Å². The number of aromatic nitrogens is 2. The molecule has 0 aliphatic rings. The molecular formula is C14H16N4O. The van der Waals surface area contributed by atoms with Gasteiger partial charge in [0.1, 0.15) is 5.82 Å². The fourth-order valence-corrected chi connectivity index (χ4v) is 1.86. The Hall–Kier alpha value is -2.43. The topological polar surface area (TPSA) is 80.9 Å². The van der Waals surface area contributed by atoms with E-state index in [2.05, 4.69) is 15.3 Å². The van der Waals surface area contributed by atoms with E-state index in [0.29, 0.717) is 11.5 Å². The number of carbonyl (C=O) groups is 1. The van der Waals surface area contributed by atoms with Gasteiger partial charge in [0.15, 0.2) is 0 Å². The maximum atomic E-state index is 11.7. The van der Waals surface area contributed by atoms with Gasteiger partial charge in [-0.2, -0.15) is 0 Å². The van der Waals surface area contributed by atoms with Gasteiger partial charge in [0.2, 0.25) is 5.91 Å². The van der Waals surface area contributed by atoms with E-state index in [9.17, 15) is 4.79 Å². The highest BCUT2D eigenvalue weighted by molar-refractivity contribution is 5.83. The van der Waals surface area contributed by atoms with Crippen molar-refractivity contribution < 1.29 is 4.79 Å². The van der Waals surface area contributed by atoms with Gasteiger partial charge in [0.05, 0.1) is 24.0 Å². The predicted octanol–water partition coefficient (Wildman–Crippen LogP) is 1.58. The number of likely N-dealkylation sites (N-methyl/N-ethyl adjacent to an activating group) is 1. The summed E-state index contributed by atoms with van der Waals surface area (Å²) in [5.74, 6) is 0.150. The van der Waals surface area contributed by atoms with Crippen molar-refractivity contribution in [3.8, 4) is 11.3 Å². The number of hydrogen-bond donors (Lipinski definition) is 2. The zero-order valence-electron chi connectivity index (χ0n) is 10.9. The van der Waals surface area contributed by atoms with Crippen molar-refractivity contribution in [2.45, 2.75) is 12.8 Å². The van der Waals surface area contributed by atoms with E-state index < -0.39 is 0 Å². The average molecular weight is 256 g/mol. The minimum Gasteiger partial charge on any atom is -0.382 e. The Morgan fingerprint density at radius 1 is 1.37 bits per heavy atom. The molecule has 3 N–H and O–H groups in total. The van der Waals surface area contributed by atoms with E-state index >= 15 is 0 Å². The predicted molar refractivity (Wildman–Crippen MR) is 74.4 cm³/mol. The summed E-state index contributed by atoms with van der Waals surface area (Å²) in [5, 5.41) is 2.64. The highest BCUT2D eigenvalue weighted by Gasteiger charge is 2.14. The molecule has 19 heavy (non-hydrogen) atoms. The van der Waals surface area contributed by atoms with E-state index in [0.717, 1.165) is 11.1 Å². The van der Waals surface area contributed by atoms with Crippen LogP contribution in [-0.4, -0.2) is 22.9 Å². The molecular weight excluding hydrogens is 240 g/mol. The Morgan fingerprint density at radius 2 is 2.16 bits per heavy atom. The lowest BCUT2D eigenvalue weighted by molar-refractivity contribution is -0.121. The van der Waals surface area contributed by atoms with Crippen LogP contribution in [0.1, 0.15) is 18.4 Å². The third kappa shape index (κ3) is 2.88. The van der Waals surface area contributed by atoms with Crippen molar-refractivity contribution in [1.29, 1.82) is 0 Å². The van der Waals surface area contributed by atoms with Crippen LogP contribution in [0.2, 0.25) is 0 Å². The van der Waals surface area contributed by atoms with E-state index in [-0.39, 0.29) is 11.8 Å². The second-order valence-electron chi connectivity index (χ2n) is 4.29. The number of carbonyl (C=O) groups excluding carboxylic acids is 1. The summed E-state index contributed by atoms with van der Waals surface area (Å²) in [6, 6.07) is 7.67. The van der Waals surface area contributed by atoms with E-state index in [1.807, 2.05) is 31.2 Å². The van der Waals surface area contributed by atoms with E-state index in [1.54, 1.807) is 13.2 Å². The number of nitrogens with zero attached hydrogens (tertiary/aromatic N) is 2. The van der Waals surface area contributed by atoms with Crippen molar-refractivity contribution in [1.82, 2.24) is 15.3 Å². The lowest BCUT2D eigenvalue weighted by Gasteiger charge is -2.11. The van der Waals surface area contributed by atoms with Crippen LogP contribution in [0.3, 0.4) is 0 Å². The Labute approximate surface area is 111 Å². The van der Waals surface area contributed by atoms with Crippen molar-refractivity contribution in [2.24, 2.45) is 0 Å². The Bertz CT molecular complexity index is 598. The van der Waals surface area contributed by atoms with Crippen LogP contribution in [0.5, 0.6) is 0 Å². The molecule has 0 radical (unpaired) electrons. The summed E-state index contributed by atoms with van der Waals surface area (Å²) < 4.78 is 0. The van der Waals surface area contributed by atoms with Gasteiger partial charge in [-0.3, -0.25) is 9.78 Å². The molecule has 0 spiro atoms. The smallest absolute Gasteiger partial charge is 0.227 e. The molecule has 1 aromatic carbocycles. The van der Waals surface area contributed by atoms with Gasteiger partial charge in [-0.05, 0) is 18.6 Å². The first-order valence-corrected chi connectivity index (χ1v) is 6.01. The van der Waals surface area contributed by atoms with Crippen molar-refractivity contribution >= 4 is 11.7 Å². The summed E-state index contributed by atoms with van der Waals surface area (Å²) >= 11 is 0. The molecule has 5 nitrogen and oxygen atoms in total. The SMILES string of the molecule is CNC(=O)C(C)c1cccc(-c2cncc(N)n2)c1. The largest absolute Gasteiger partial charge is 0.382 e. The highest BCUT2D eigenvalue weighted by atomic mass is 16.1. The molecule has 2 aromatic rings. The number of hydrogen-bond acceptors (Lipinski definition) is 4. The first kappa shape index (κ1) is 13.0. The molecule has 1 amide bonds. The van der Waals surface area contributed by atoms with Gasteiger partial charge in [-0.25, -0.2) is 4.98 Å². The summed E-state index contributed by atoms with van der Waals surface area (Å²) in [6.45, 7) is 1.86. The zero-order valence-corrected chi connectivity index (χ0v) is 10.9. The quantitative estimate of drug-likeness (QED) is 0.873. The Balaban J connectivity index is 2.37. The Morgan fingerprint density at radius 3 is 2.84 bits per heavy atom. The van der Waals surface area contributed by atoms with Gasteiger partial charge >= 0.3 is 0 Å². The fraction of sp³-hybridized carbons (Fsp3) is 0.214. The average Bonchev–Trinajstić information content (AvgIpc) is 2.46. The summed E-state index contributed by atoms with van der Waals surface area (Å²) in [7, 11) is 1.63. The third-order valence-corrected chi connectivity index (χ3v) is 2.98. The summed E-state index contributed by atoms with van der Waals surface area (Å²) in [4.78, 5) is 19.9. The van der Waals surface area contributed by atoms with Gasteiger partial charge in [0, 0.05) is 12.6 Å². The van der Waals surface area contributed by atoms with Crippen LogP contribution in [0.15, 0.2) is 36.7 Å². The third-order valence-electron chi connectivity index (χ3n) is 2.98.